The van der Waals surface area contributed by atoms with Crippen molar-refractivity contribution in [3.8, 4) is 0 Å². The second-order valence-electron chi connectivity index (χ2n) is 22.9. The summed E-state index contributed by atoms with van der Waals surface area (Å²) >= 11 is 178. The Labute approximate surface area is 633 Å². The lowest BCUT2D eigenvalue weighted by Crippen LogP contribution is -2.49. The van der Waals surface area contributed by atoms with Crippen molar-refractivity contribution >= 4 is 391 Å². The number of hydrogen-bond acceptors (Lipinski definition) is 0. The summed E-state index contributed by atoms with van der Waals surface area (Å²) in [4.78, 5) is 0. The summed E-state index contributed by atoms with van der Waals surface area (Å²) in [5.41, 5.74) is 0. The first kappa shape index (κ1) is 89.9. The third kappa shape index (κ3) is 49.4. The summed E-state index contributed by atoms with van der Waals surface area (Å²) in [7, 11) is -9.06. The van der Waals surface area contributed by atoms with Gasteiger partial charge in [-0.15, -0.1) is 299 Å². The van der Waals surface area contributed by atoms with Crippen molar-refractivity contribution in [2.45, 2.75) is 222 Å². The lowest BCUT2D eigenvalue weighted by molar-refractivity contribution is 0.842. The molecule has 0 bridgehead atoms. The Kier molecular flexibility index (Phi) is 46.3. The predicted octanol–water partition coefficient (Wildman–Crippen LogP) is 30.3. The van der Waals surface area contributed by atoms with E-state index in [2.05, 4.69) is 30.3 Å². The van der Waals surface area contributed by atoms with E-state index >= 15 is 0 Å². The summed E-state index contributed by atoms with van der Waals surface area (Å²) < 4.78 is 0. The standard InChI is InChI=1S/C42H77Cl27Si13/c43-74(44,45)33-7-21-70(22-8-34-75(46,47)48,23-9-35-76(49,50)51)18-4-30-73(42-16-2-1-3-17-42,31-5-19-71(24-10-36-77(52,53)54,25-11-37-78(55,56)57)26-12-38-79(58,59)60)32-6-20-72(27-13-39-80(61,62)63,28-14-40-81(64,65)66)29-15-41-82(67,68)69/h1-3,16-17H,4-15,18-41H2. The predicted molar refractivity (Wildman–Crippen MR) is 430 cm³/mol. The van der Waals surface area contributed by atoms with E-state index in [1.807, 2.05) is 0 Å². The Morgan fingerprint density at radius 2 is 0.305 bits per heavy atom. The molecule has 0 fully saturated rings. The summed E-state index contributed by atoms with van der Waals surface area (Å²) in [6, 6.07) is 5.29. The van der Waals surface area contributed by atoms with Gasteiger partial charge in [0.1, 0.15) is 0 Å². The first-order chi connectivity index (χ1) is 37.1. The lowest BCUT2D eigenvalue weighted by atomic mass is 10.4. The van der Waals surface area contributed by atoms with Gasteiger partial charge in [-0.25, -0.2) is 0 Å². The SMILES string of the molecule is Cl[Si](Cl)(Cl)CCC[Si](CCC[Si](Cl)(Cl)Cl)(CCC[Si](Cl)(Cl)Cl)CCC[Si](CCC[Si](CCC[Si](Cl)(Cl)Cl)(CCC[Si](Cl)(Cl)Cl)CCC[Si](Cl)(Cl)Cl)(CCC[Si](CCC[Si](Cl)(Cl)Cl)(CCC[Si](Cl)(Cl)Cl)CCC[Si](Cl)(Cl)Cl)c1ccccc1. The molecule has 0 saturated heterocycles. The molecular formula is C42H77Cl27Si13. The molecule has 0 aromatic heterocycles. The van der Waals surface area contributed by atoms with Crippen LogP contribution in [0.1, 0.15) is 77.0 Å². The monoisotopic (exact) mass is 1890 g/mol. The van der Waals surface area contributed by atoms with Crippen LogP contribution in [0.15, 0.2) is 30.3 Å². The molecule has 0 unspecified atom stereocenters. The van der Waals surface area contributed by atoms with E-state index in [1.165, 1.54) is 5.19 Å². The Bertz CT molecular complexity index is 1540. The minimum Gasteiger partial charge on any atom is -0.126 e. The molecule has 0 aliphatic carbocycles. The van der Waals surface area contributed by atoms with Crippen LogP contribution in [-0.2, 0) is 0 Å². The zero-order chi connectivity index (χ0) is 63.1. The van der Waals surface area contributed by atoms with E-state index in [0.717, 1.165) is 168 Å². The van der Waals surface area contributed by atoms with Crippen LogP contribution in [0.3, 0.4) is 0 Å². The molecule has 486 valence electrons. The molecule has 0 aliphatic rings. The van der Waals surface area contributed by atoms with Gasteiger partial charge in [-0.1, -0.05) is 203 Å². The van der Waals surface area contributed by atoms with Crippen LogP contribution < -0.4 is 5.19 Å². The number of benzene rings is 1. The van der Waals surface area contributed by atoms with E-state index in [1.54, 1.807) is 0 Å². The van der Waals surface area contributed by atoms with Gasteiger partial charge >= 0.3 is 54.0 Å². The fourth-order valence-electron chi connectivity index (χ4n) is 12.2. The first-order valence-electron chi connectivity index (χ1n) is 27.7. The molecule has 40 heteroatoms. The Hall–Kier alpha value is 9.87. The van der Waals surface area contributed by atoms with Gasteiger partial charge in [-0.05, 0) is 54.4 Å². The van der Waals surface area contributed by atoms with E-state index in [4.69, 9.17) is 299 Å². The minimum atomic E-state index is -2.92. The molecule has 1 aromatic carbocycles. The molecule has 82 heavy (non-hydrogen) atoms. The number of hydrogen-bond donors (Lipinski definition) is 0. The highest BCUT2D eigenvalue weighted by Gasteiger charge is 2.44. The fraction of sp³-hybridized carbons (Fsp3) is 0.857. The van der Waals surface area contributed by atoms with Crippen molar-refractivity contribution in [2.24, 2.45) is 0 Å². The molecule has 0 heterocycles. The molecule has 0 saturated carbocycles. The molecule has 0 aliphatic heterocycles. The molecule has 1 rings (SSSR count). The normalized spacial score (nSPS) is 14.6. The summed E-state index contributed by atoms with van der Waals surface area (Å²) in [5.74, 6) is 0. The highest BCUT2D eigenvalue weighted by molar-refractivity contribution is 7.68. The number of rotatable bonds is 49. The van der Waals surface area contributed by atoms with Crippen LogP contribution in [-0.4, -0.2) is 86.3 Å². The minimum absolute atomic E-state index is 0.569. The van der Waals surface area contributed by atoms with E-state index < -0.39 is 86.3 Å². The third-order valence-corrected chi connectivity index (χ3v) is 62.0. The van der Waals surface area contributed by atoms with Gasteiger partial charge in [0.2, 0.25) is 0 Å². The maximum Gasteiger partial charge on any atom is 0.341 e. The molecule has 0 N–H and O–H groups in total. The van der Waals surface area contributed by atoms with Crippen LogP contribution in [0.2, 0.25) is 145 Å². The van der Waals surface area contributed by atoms with Crippen LogP contribution in [0.5, 0.6) is 0 Å². The molecule has 0 nitrogen and oxygen atoms in total. The first-order valence-corrected chi connectivity index (χ1v) is 86.0. The van der Waals surface area contributed by atoms with Crippen LogP contribution in [0.25, 0.3) is 0 Å². The van der Waals surface area contributed by atoms with Gasteiger partial charge < -0.3 is 0 Å². The maximum absolute atomic E-state index is 6.58. The van der Waals surface area contributed by atoms with E-state index in [-0.39, 0.29) is 0 Å². The van der Waals surface area contributed by atoms with E-state index in [0.29, 0.717) is 54.4 Å². The third-order valence-electron chi connectivity index (χ3n) is 16.0. The number of halogens is 27. The molecule has 1 aromatic rings. The highest BCUT2D eigenvalue weighted by atomic mass is 35.9. The van der Waals surface area contributed by atoms with Gasteiger partial charge in [-0.3, -0.25) is 0 Å². The fourth-order valence-corrected chi connectivity index (χ4v) is 53.2. The van der Waals surface area contributed by atoms with Crippen molar-refractivity contribution in [3.05, 3.63) is 30.3 Å². The van der Waals surface area contributed by atoms with Gasteiger partial charge in [0, 0.05) is 0 Å². The van der Waals surface area contributed by atoms with Crippen molar-refractivity contribution in [3.63, 3.8) is 0 Å². The van der Waals surface area contributed by atoms with Crippen molar-refractivity contribution in [2.75, 3.05) is 0 Å². The Balaban J connectivity index is 4.28. The van der Waals surface area contributed by atoms with Crippen LogP contribution >= 0.6 is 299 Å². The summed E-state index contributed by atoms with van der Waals surface area (Å²) in [5, 5.41) is 1.45. The average molecular weight is 1900 g/mol. The van der Waals surface area contributed by atoms with Crippen LogP contribution in [0.4, 0.5) is 0 Å². The lowest BCUT2D eigenvalue weighted by Gasteiger charge is -2.39. The second-order valence-corrected chi connectivity index (χ2v) is 126. The molecule has 0 radical (unpaired) electrons. The summed E-state index contributed by atoms with van der Waals surface area (Å²) in [6.07, 6.45) is 10.4. The molecular weight excluding hydrogens is 1830 g/mol. The zero-order valence-corrected chi connectivity index (χ0v) is 79.0. The van der Waals surface area contributed by atoms with Crippen LogP contribution in [0, 0.1) is 0 Å². The van der Waals surface area contributed by atoms with Gasteiger partial charge in [0.25, 0.3) is 0 Å². The van der Waals surface area contributed by atoms with Gasteiger partial charge in [-0.2, -0.15) is 0 Å². The largest absolute Gasteiger partial charge is 0.341 e. The quantitative estimate of drug-likeness (QED) is 0.0451. The Morgan fingerprint density at radius 1 is 0.171 bits per heavy atom. The molecule has 0 atom stereocenters. The van der Waals surface area contributed by atoms with Crippen molar-refractivity contribution < 1.29 is 0 Å². The average Bonchev–Trinajstić information content (AvgIpc) is 3.25. The van der Waals surface area contributed by atoms with E-state index in [9.17, 15) is 0 Å². The summed E-state index contributed by atoms with van der Waals surface area (Å²) in [6.45, 7) is 0. The maximum atomic E-state index is 6.58. The zero-order valence-electron chi connectivity index (χ0n) is 45.5. The highest BCUT2D eigenvalue weighted by Crippen LogP contribution is 2.46. The molecule has 0 spiro atoms. The van der Waals surface area contributed by atoms with Gasteiger partial charge in [0.15, 0.2) is 0 Å². The smallest absolute Gasteiger partial charge is 0.126 e. The van der Waals surface area contributed by atoms with Crippen molar-refractivity contribution in [1.29, 1.82) is 0 Å². The second kappa shape index (κ2) is 42.2. The topological polar surface area (TPSA) is 0 Å². The Morgan fingerprint density at radius 3 is 0.439 bits per heavy atom. The van der Waals surface area contributed by atoms with Crippen molar-refractivity contribution in [1.82, 2.24) is 0 Å². The molecule has 0 amide bonds. The van der Waals surface area contributed by atoms with Gasteiger partial charge in [0.05, 0.1) is 32.3 Å².